The van der Waals surface area contributed by atoms with Gasteiger partial charge in [0.2, 0.25) is 0 Å². The lowest BCUT2D eigenvalue weighted by Gasteiger charge is -2.14. The summed E-state index contributed by atoms with van der Waals surface area (Å²) in [4.78, 5) is 10.00. The van der Waals surface area contributed by atoms with Crippen molar-refractivity contribution in [3.63, 3.8) is 0 Å². The molecule has 0 N–H and O–H groups in total. The second-order valence-electron chi connectivity index (χ2n) is 1.47. The minimum atomic E-state index is -1.15. The predicted octanol–water partition coefficient (Wildman–Crippen LogP) is 0.491. The van der Waals surface area contributed by atoms with E-state index in [4.69, 9.17) is 0 Å². The van der Waals surface area contributed by atoms with Gasteiger partial charge in [-0.25, -0.2) is 9.18 Å². The number of carbonyl (C=O) groups excluding carboxylic acids is 1. The first-order valence-corrected chi connectivity index (χ1v) is 2.22. The van der Waals surface area contributed by atoms with E-state index in [2.05, 4.69) is 9.47 Å². The largest absolute Gasteiger partial charge is 0.508 e. The van der Waals surface area contributed by atoms with Crippen molar-refractivity contribution in [2.75, 3.05) is 13.2 Å². The molecule has 0 atom stereocenters. The van der Waals surface area contributed by atoms with Crippen LogP contribution in [0.1, 0.15) is 0 Å². The van der Waals surface area contributed by atoms with Gasteiger partial charge in [0.1, 0.15) is 13.2 Å². The van der Waals surface area contributed by atoms with E-state index < -0.39 is 12.3 Å². The van der Waals surface area contributed by atoms with Crippen molar-refractivity contribution in [2.45, 2.75) is 6.17 Å². The highest BCUT2D eigenvalue weighted by atomic mass is 19.1. The van der Waals surface area contributed by atoms with E-state index in [1.807, 2.05) is 0 Å². The van der Waals surface area contributed by atoms with Crippen molar-refractivity contribution in [3.05, 3.63) is 0 Å². The summed E-state index contributed by atoms with van der Waals surface area (Å²) in [5.41, 5.74) is 0. The molecule has 4 heteroatoms. The Kier molecular flexibility index (Phi) is 1.32. The normalized spacial score (nSPS) is 21.9. The smallest absolute Gasteiger partial charge is 0.431 e. The highest BCUT2D eigenvalue weighted by Crippen LogP contribution is 2.01. The quantitative estimate of drug-likeness (QED) is 0.436. The van der Waals surface area contributed by atoms with Crippen molar-refractivity contribution in [1.82, 2.24) is 0 Å². The van der Waals surface area contributed by atoms with Gasteiger partial charge in [-0.05, 0) is 0 Å². The molecule has 1 saturated heterocycles. The highest BCUT2D eigenvalue weighted by Gasteiger charge is 2.19. The van der Waals surface area contributed by atoms with Crippen molar-refractivity contribution in [2.24, 2.45) is 0 Å². The zero-order valence-corrected chi connectivity index (χ0v) is 4.09. The van der Waals surface area contributed by atoms with Crippen LogP contribution in [0.15, 0.2) is 0 Å². The molecule has 0 unspecified atom stereocenters. The molecule has 8 heavy (non-hydrogen) atoms. The van der Waals surface area contributed by atoms with Crippen molar-refractivity contribution in [3.8, 4) is 0 Å². The maximum atomic E-state index is 12.0. The number of alkyl halides is 1. The summed E-state index contributed by atoms with van der Waals surface area (Å²) in [6.45, 7) is -0.336. The zero-order valence-electron chi connectivity index (χ0n) is 4.09. The Labute approximate surface area is 45.4 Å². The van der Waals surface area contributed by atoms with Crippen LogP contribution in [0.4, 0.5) is 9.18 Å². The molecule has 1 fully saturated rings. The number of carbonyl (C=O) groups is 1. The van der Waals surface area contributed by atoms with Crippen LogP contribution >= 0.6 is 0 Å². The fraction of sp³-hybridized carbons (Fsp3) is 0.750. The molecular formula is C4H5FO3. The highest BCUT2D eigenvalue weighted by molar-refractivity contribution is 5.60. The molecule has 0 aromatic heterocycles. The lowest BCUT2D eigenvalue weighted by Crippen LogP contribution is -2.28. The second-order valence-corrected chi connectivity index (χ2v) is 1.47. The third-order valence-electron chi connectivity index (χ3n) is 0.764. The number of hydrogen-bond acceptors (Lipinski definition) is 3. The summed E-state index contributed by atoms with van der Waals surface area (Å²) in [5.74, 6) is 0. The lowest BCUT2D eigenvalue weighted by molar-refractivity contribution is -0.0229. The Hall–Kier alpha value is -0.800. The van der Waals surface area contributed by atoms with Crippen LogP contribution in [0.25, 0.3) is 0 Å². The maximum absolute atomic E-state index is 12.0. The van der Waals surface area contributed by atoms with Gasteiger partial charge in [0.05, 0.1) is 0 Å². The SMILES string of the molecule is O=C1OCC(F)CO1. The van der Waals surface area contributed by atoms with Crippen molar-refractivity contribution in [1.29, 1.82) is 0 Å². The molecule has 1 rings (SSSR count). The monoisotopic (exact) mass is 120 g/mol. The van der Waals surface area contributed by atoms with E-state index in [-0.39, 0.29) is 13.2 Å². The van der Waals surface area contributed by atoms with Gasteiger partial charge >= 0.3 is 6.16 Å². The topological polar surface area (TPSA) is 35.5 Å². The maximum Gasteiger partial charge on any atom is 0.508 e. The molecule has 1 aliphatic heterocycles. The first-order valence-electron chi connectivity index (χ1n) is 2.22. The summed E-state index contributed by atoms with van der Waals surface area (Å²) in [7, 11) is 0. The third kappa shape index (κ3) is 1.08. The van der Waals surface area contributed by atoms with E-state index >= 15 is 0 Å². The van der Waals surface area contributed by atoms with Gasteiger partial charge in [0.15, 0.2) is 6.17 Å². The van der Waals surface area contributed by atoms with Crippen LogP contribution in [0, 0.1) is 0 Å². The molecule has 46 valence electrons. The van der Waals surface area contributed by atoms with Crippen LogP contribution in [-0.4, -0.2) is 25.5 Å². The van der Waals surface area contributed by atoms with Crippen LogP contribution in [0.2, 0.25) is 0 Å². The second kappa shape index (κ2) is 1.98. The van der Waals surface area contributed by atoms with E-state index in [9.17, 15) is 9.18 Å². The van der Waals surface area contributed by atoms with Crippen molar-refractivity contribution >= 4 is 6.16 Å². The van der Waals surface area contributed by atoms with Crippen LogP contribution in [-0.2, 0) is 9.47 Å². The van der Waals surface area contributed by atoms with E-state index in [0.717, 1.165) is 0 Å². The Balaban J connectivity index is 2.29. The first kappa shape index (κ1) is 5.34. The van der Waals surface area contributed by atoms with Gasteiger partial charge in [-0.1, -0.05) is 0 Å². The standard InChI is InChI=1S/C4H5FO3/c5-3-1-7-4(6)8-2-3/h3H,1-2H2. The number of rotatable bonds is 0. The Bertz CT molecular complexity index is 93.5. The molecule has 0 aromatic rings. The zero-order chi connectivity index (χ0) is 5.98. The van der Waals surface area contributed by atoms with Gasteiger partial charge in [-0.3, -0.25) is 0 Å². The minimum absolute atomic E-state index is 0.168. The summed E-state index contributed by atoms with van der Waals surface area (Å²) < 4.78 is 20.3. The number of cyclic esters (lactones) is 2. The lowest BCUT2D eigenvalue weighted by atomic mass is 10.4. The molecule has 0 spiro atoms. The number of halogens is 1. The van der Waals surface area contributed by atoms with Gasteiger partial charge in [-0.2, -0.15) is 0 Å². The molecular weight excluding hydrogens is 115 g/mol. The molecule has 0 aromatic carbocycles. The average Bonchev–Trinajstić information content (AvgIpc) is 1.77. The van der Waals surface area contributed by atoms with E-state index in [1.54, 1.807) is 0 Å². The molecule has 1 heterocycles. The summed E-state index contributed by atoms with van der Waals surface area (Å²) in [5, 5.41) is 0. The van der Waals surface area contributed by atoms with E-state index in [1.165, 1.54) is 0 Å². The fourth-order valence-corrected chi connectivity index (χ4v) is 0.407. The molecule has 0 bridgehead atoms. The minimum Gasteiger partial charge on any atom is -0.431 e. The molecule has 0 amide bonds. The number of hydrogen-bond donors (Lipinski definition) is 0. The summed E-state index contributed by atoms with van der Waals surface area (Å²) in [6.07, 6.45) is -1.92. The summed E-state index contributed by atoms with van der Waals surface area (Å²) in [6, 6.07) is 0. The molecule has 0 radical (unpaired) electrons. The van der Waals surface area contributed by atoms with Gasteiger partial charge in [0, 0.05) is 0 Å². The number of ether oxygens (including phenoxy) is 2. The molecule has 0 saturated carbocycles. The van der Waals surface area contributed by atoms with E-state index in [0.29, 0.717) is 0 Å². The Morgan fingerprint density at radius 2 is 2.00 bits per heavy atom. The van der Waals surface area contributed by atoms with Gasteiger partial charge in [0.25, 0.3) is 0 Å². The van der Waals surface area contributed by atoms with Crippen molar-refractivity contribution < 1.29 is 18.7 Å². The van der Waals surface area contributed by atoms with Gasteiger partial charge < -0.3 is 9.47 Å². The summed E-state index contributed by atoms with van der Waals surface area (Å²) >= 11 is 0. The molecule has 0 aliphatic carbocycles. The van der Waals surface area contributed by atoms with Crippen LogP contribution in [0.5, 0.6) is 0 Å². The third-order valence-corrected chi connectivity index (χ3v) is 0.764. The van der Waals surface area contributed by atoms with Crippen LogP contribution < -0.4 is 0 Å². The molecule has 1 aliphatic rings. The fourth-order valence-electron chi connectivity index (χ4n) is 0.407. The first-order chi connectivity index (χ1) is 3.79. The Morgan fingerprint density at radius 1 is 1.50 bits per heavy atom. The molecule has 3 nitrogen and oxygen atoms in total. The predicted molar refractivity (Wildman–Crippen MR) is 22.2 cm³/mol. The average molecular weight is 120 g/mol. The Morgan fingerprint density at radius 3 is 2.38 bits per heavy atom. The van der Waals surface area contributed by atoms with Crippen LogP contribution in [0.3, 0.4) is 0 Å². The van der Waals surface area contributed by atoms with Gasteiger partial charge in [-0.15, -0.1) is 0 Å².